The minimum atomic E-state index is 0.640. The van der Waals surface area contributed by atoms with Crippen molar-refractivity contribution in [2.45, 2.75) is 13.0 Å². The van der Waals surface area contributed by atoms with E-state index in [1.165, 1.54) is 10.4 Å². The Morgan fingerprint density at radius 1 is 1.29 bits per heavy atom. The average molecular weight is 252 g/mol. The topological polar surface area (TPSA) is 55.6 Å². The largest absolute Gasteiger partial charge is 0.309 e. The second kappa shape index (κ2) is 5.75. The lowest BCUT2D eigenvalue weighted by molar-refractivity contribution is 0.619. The quantitative estimate of drug-likeness (QED) is 0.812. The summed E-state index contributed by atoms with van der Waals surface area (Å²) in [6, 6.07) is 7.87. The first-order valence-corrected chi connectivity index (χ1v) is 5.80. The zero-order valence-electron chi connectivity index (χ0n) is 9.60. The molecule has 0 saturated carbocycles. The van der Waals surface area contributed by atoms with E-state index in [-0.39, 0.29) is 0 Å². The van der Waals surface area contributed by atoms with E-state index in [1.807, 2.05) is 24.3 Å². The highest BCUT2D eigenvalue weighted by Crippen LogP contribution is 2.09. The molecule has 2 rings (SSSR count). The Hall–Kier alpha value is -1.46. The van der Waals surface area contributed by atoms with Gasteiger partial charge in [-0.3, -0.25) is 0 Å². The molecular weight excluding hydrogens is 238 g/mol. The molecule has 1 aromatic heterocycles. The van der Waals surface area contributed by atoms with Gasteiger partial charge < -0.3 is 5.32 Å². The van der Waals surface area contributed by atoms with E-state index < -0.39 is 0 Å². The van der Waals surface area contributed by atoms with Crippen molar-refractivity contribution in [3.05, 3.63) is 40.7 Å². The summed E-state index contributed by atoms with van der Waals surface area (Å²) >= 11 is 5.81. The number of nitrogens with one attached hydrogen (secondary N) is 1. The van der Waals surface area contributed by atoms with Gasteiger partial charge >= 0.3 is 0 Å². The molecule has 1 heterocycles. The number of aryl methyl sites for hydroxylation is 1. The SMILES string of the molecule is Cn1nnc(CNCCc2ccc(Cl)cc2)n1. The van der Waals surface area contributed by atoms with Gasteiger partial charge in [-0.1, -0.05) is 23.7 Å². The van der Waals surface area contributed by atoms with Crippen LogP contribution in [0.5, 0.6) is 0 Å². The number of hydrogen-bond donors (Lipinski definition) is 1. The average Bonchev–Trinajstić information content (AvgIpc) is 2.73. The first-order valence-electron chi connectivity index (χ1n) is 5.42. The first kappa shape index (κ1) is 12.0. The molecule has 0 aliphatic carbocycles. The number of benzene rings is 1. The Kier molecular flexibility index (Phi) is 4.06. The fraction of sp³-hybridized carbons (Fsp3) is 0.364. The number of halogens is 1. The summed E-state index contributed by atoms with van der Waals surface area (Å²) in [4.78, 5) is 1.45. The number of hydrogen-bond acceptors (Lipinski definition) is 4. The van der Waals surface area contributed by atoms with Crippen molar-refractivity contribution < 1.29 is 0 Å². The van der Waals surface area contributed by atoms with E-state index in [2.05, 4.69) is 20.7 Å². The molecule has 2 aromatic rings. The van der Waals surface area contributed by atoms with Gasteiger partial charge in [-0.15, -0.1) is 10.2 Å². The molecule has 0 bridgehead atoms. The molecule has 0 saturated heterocycles. The molecule has 0 fully saturated rings. The van der Waals surface area contributed by atoms with Gasteiger partial charge in [0.1, 0.15) is 0 Å². The lowest BCUT2D eigenvalue weighted by Crippen LogP contribution is -2.17. The minimum absolute atomic E-state index is 0.640. The van der Waals surface area contributed by atoms with E-state index in [4.69, 9.17) is 11.6 Å². The fourth-order valence-corrected chi connectivity index (χ4v) is 1.60. The number of nitrogens with zero attached hydrogens (tertiary/aromatic N) is 4. The molecule has 17 heavy (non-hydrogen) atoms. The van der Waals surface area contributed by atoms with Crippen LogP contribution in [0.4, 0.5) is 0 Å². The molecule has 1 N–H and O–H groups in total. The molecule has 1 aromatic carbocycles. The second-order valence-electron chi connectivity index (χ2n) is 3.75. The third-order valence-corrected chi connectivity index (χ3v) is 2.59. The van der Waals surface area contributed by atoms with E-state index in [0.29, 0.717) is 12.4 Å². The highest BCUT2D eigenvalue weighted by atomic mass is 35.5. The summed E-state index contributed by atoms with van der Waals surface area (Å²) in [5.74, 6) is 0.712. The maximum atomic E-state index is 5.81. The highest BCUT2D eigenvalue weighted by Gasteiger charge is 1.99. The van der Waals surface area contributed by atoms with Crippen molar-refractivity contribution in [3.63, 3.8) is 0 Å². The molecule has 90 valence electrons. The second-order valence-corrected chi connectivity index (χ2v) is 4.18. The van der Waals surface area contributed by atoms with Crippen LogP contribution in [0.3, 0.4) is 0 Å². The smallest absolute Gasteiger partial charge is 0.188 e. The number of aromatic nitrogens is 4. The fourth-order valence-electron chi connectivity index (χ4n) is 1.48. The van der Waals surface area contributed by atoms with Crippen molar-refractivity contribution in [2.75, 3.05) is 6.54 Å². The van der Waals surface area contributed by atoms with Gasteiger partial charge in [0.05, 0.1) is 13.6 Å². The van der Waals surface area contributed by atoms with E-state index >= 15 is 0 Å². The van der Waals surface area contributed by atoms with Crippen LogP contribution in [0.1, 0.15) is 11.4 Å². The van der Waals surface area contributed by atoms with Crippen LogP contribution in [-0.2, 0) is 20.0 Å². The van der Waals surface area contributed by atoms with Gasteiger partial charge in [-0.25, -0.2) is 0 Å². The van der Waals surface area contributed by atoms with Crippen LogP contribution < -0.4 is 5.32 Å². The molecule has 5 nitrogen and oxygen atoms in total. The molecule has 0 aliphatic heterocycles. The van der Waals surface area contributed by atoms with Crippen molar-refractivity contribution >= 4 is 11.6 Å². The summed E-state index contributed by atoms with van der Waals surface area (Å²) in [5, 5.41) is 15.8. The molecule has 0 amide bonds. The molecule has 0 radical (unpaired) electrons. The van der Waals surface area contributed by atoms with Crippen LogP contribution in [0, 0.1) is 0 Å². The predicted octanol–water partition coefficient (Wildman–Crippen LogP) is 1.20. The van der Waals surface area contributed by atoms with E-state index in [9.17, 15) is 0 Å². The standard InChI is InChI=1S/C11H14ClN5/c1-17-15-11(14-16-17)8-13-7-6-9-2-4-10(12)5-3-9/h2-5,13H,6-8H2,1H3. The van der Waals surface area contributed by atoms with Crippen molar-refractivity contribution in [1.29, 1.82) is 0 Å². The third-order valence-electron chi connectivity index (χ3n) is 2.34. The van der Waals surface area contributed by atoms with Gasteiger partial charge in [0.15, 0.2) is 5.82 Å². The van der Waals surface area contributed by atoms with Gasteiger partial charge in [0.2, 0.25) is 0 Å². The van der Waals surface area contributed by atoms with Crippen LogP contribution in [0.15, 0.2) is 24.3 Å². The third kappa shape index (κ3) is 3.80. The van der Waals surface area contributed by atoms with Crippen LogP contribution >= 0.6 is 11.6 Å². The molecular formula is C11H14ClN5. The van der Waals surface area contributed by atoms with E-state index in [0.717, 1.165) is 18.0 Å². The van der Waals surface area contributed by atoms with Gasteiger partial charge in [0.25, 0.3) is 0 Å². The Morgan fingerprint density at radius 2 is 2.06 bits per heavy atom. The van der Waals surface area contributed by atoms with Crippen molar-refractivity contribution in [1.82, 2.24) is 25.5 Å². The van der Waals surface area contributed by atoms with Gasteiger partial charge in [-0.05, 0) is 35.9 Å². The zero-order valence-corrected chi connectivity index (χ0v) is 10.4. The maximum absolute atomic E-state index is 5.81. The zero-order chi connectivity index (χ0) is 12.1. The van der Waals surface area contributed by atoms with E-state index in [1.54, 1.807) is 7.05 Å². The molecule has 0 aliphatic rings. The predicted molar refractivity (Wildman–Crippen MR) is 65.7 cm³/mol. The first-order chi connectivity index (χ1) is 8.24. The Bertz CT molecular complexity index is 465. The van der Waals surface area contributed by atoms with Gasteiger partial charge in [0, 0.05) is 5.02 Å². The number of tetrazole rings is 1. The van der Waals surface area contributed by atoms with Crippen molar-refractivity contribution in [2.24, 2.45) is 7.05 Å². The lowest BCUT2D eigenvalue weighted by atomic mass is 10.1. The summed E-state index contributed by atoms with van der Waals surface area (Å²) in [6.45, 7) is 1.52. The van der Waals surface area contributed by atoms with Crippen LogP contribution in [-0.4, -0.2) is 26.8 Å². The summed E-state index contributed by atoms with van der Waals surface area (Å²) < 4.78 is 0. The Morgan fingerprint density at radius 3 is 2.71 bits per heavy atom. The maximum Gasteiger partial charge on any atom is 0.188 e. The highest BCUT2D eigenvalue weighted by molar-refractivity contribution is 6.30. The van der Waals surface area contributed by atoms with Gasteiger partial charge in [-0.2, -0.15) is 4.80 Å². The summed E-state index contributed by atoms with van der Waals surface area (Å²) in [7, 11) is 1.75. The van der Waals surface area contributed by atoms with Crippen molar-refractivity contribution in [3.8, 4) is 0 Å². The van der Waals surface area contributed by atoms with Crippen LogP contribution in [0.2, 0.25) is 5.02 Å². The molecule has 0 unspecified atom stereocenters. The molecule has 0 spiro atoms. The molecule has 0 atom stereocenters. The summed E-state index contributed by atoms with van der Waals surface area (Å²) in [5.41, 5.74) is 1.26. The molecule has 6 heteroatoms. The minimum Gasteiger partial charge on any atom is -0.309 e. The van der Waals surface area contributed by atoms with Crippen LogP contribution in [0.25, 0.3) is 0 Å². The summed E-state index contributed by atoms with van der Waals surface area (Å²) in [6.07, 6.45) is 0.956. The Labute approximate surface area is 105 Å². The normalized spacial score (nSPS) is 10.7. The number of rotatable bonds is 5. The Balaban J connectivity index is 1.71. The lowest BCUT2D eigenvalue weighted by Gasteiger charge is -2.02. The monoisotopic (exact) mass is 251 g/mol.